The summed E-state index contributed by atoms with van der Waals surface area (Å²) in [7, 11) is 0. The van der Waals surface area contributed by atoms with Gasteiger partial charge < -0.3 is 9.84 Å². The summed E-state index contributed by atoms with van der Waals surface area (Å²) in [6, 6.07) is -0.00106. The minimum Gasteiger partial charge on any atom is -0.354 e. The number of hydrogen-bond donors (Lipinski definition) is 1. The largest absolute Gasteiger partial charge is 0.354 e. The number of piperazine rings is 1. The van der Waals surface area contributed by atoms with E-state index < -0.39 is 0 Å². The minimum absolute atomic E-state index is 0.00106. The molecule has 0 radical (unpaired) electrons. The average molecular weight is 224 g/mol. The lowest BCUT2D eigenvalue weighted by Gasteiger charge is -2.29. The van der Waals surface area contributed by atoms with Gasteiger partial charge in [-0.1, -0.05) is 12.1 Å². The lowest BCUT2D eigenvalue weighted by molar-refractivity contribution is -0.125. The highest BCUT2D eigenvalue weighted by Gasteiger charge is 2.25. The van der Waals surface area contributed by atoms with Gasteiger partial charge in [0.05, 0.1) is 12.6 Å². The second-order valence-electron chi connectivity index (χ2n) is 3.90. The first-order valence-electron chi connectivity index (χ1n) is 5.54. The van der Waals surface area contributed by atoms with Gasteiger partial charge in [-0.15, -0.1) is 0 Å². The molecule has 0 unspecified atom stereocenters. The highest BCUT2D eigenvalue weighted by molar-refractivity contribution is 5.78. The zero-order valence-corrected chi connectivity index (χ0v) is 9.56. The van der Waals surface area contributed by atoms with Crippen LogP contribution in [0.5, 0.6) is 0 Å². The van der Waals surface area contributed by atoms with E-state index >= 15 is 0 Å². The Hall–Kier alpha value is -1.43. The van der Waals surface area contributed by atoms with E-state index in [0.29, 0.717) is 24.8 Å². The topological polar surface area (TPSA) is 71.3 Å². The Labute approximate surface area is 94.0 Å². The molecule has 0 bridgehead atoms. The summed E-state index contributed by atoms with van der Waals surface area (Å²) in [5.74, 6) is 1.35. The number of rotatable bonds is 3. The Morgan fingerprint density at radius 1 is 1.62 bits per heavy atom. The molecule has 2 rings (SSSR count). The summed E-state index contributed by atoms with van der Waals surface area (Å²) in [6.07, 6.45) is 0.761. The lowest BCUT2D eigenvalue weighted by atomic mass is 10.2. The van der Waals surface area contributed by atoms with Gasteiger partial charge in [-0.25, -0.2) is 0 Å². The molecule has 0 saturated carbocycles. The van der Waals surface area contributed by atoms with Crippen molar-refractivity contribution in [3.63, 3.8) is 0 Å². The van der Waals surface area contributed by atoms with Gasteiger partial charge in [0.15, 0.2) is 5.82 Å². The van der Waals surface area contributed by atoms with Crippen molar-refractivity contribution >= 4 is 5.91 Å². The molecular weight excluding hydrogens is 208 g/mol. The van der Waals surface area contributed by atoms with Crippen LogP contribution in [0, 0.1) is 0 Å². The van der Waals surface area contributed by atoms with Gasteiger partial charge >= 0.3 is 0 Å². The smallest absolute Gasteiger partial charge is 0.243 e. The first kappa shape index (κ1) is 11.1. The summed E-state index contributed by atoms with van der Waals surface area (Å²) >= 11 is 0. The number of carbonyl (C=O) groups is 1. The highest BCUT2D eigenvalue weighted by atomic mass is 16.5. The summed E-state index contributed by atoms with van der Waals surface area (Å²) < 4.78 is 5.17. The van der Waals surface area contributed by atoms with Crippen LogP contribution in [-0.2, 0) is 11.2 Å². The fourth-order valence-corrected chi connectivity index (χ4v) is 1.73. The third-order valence-electron chi connectivity index (χ3n) is 2.77. The number of amides is 1. The first-order valence-corrected chi connectivity index (χ1v) is 5.54. The van der Waals surface area contributed by atoms with Crippen LogP contribution in [0.3, 0.4) is 0 Å². The molecule has 0 aliphatic carbocycles. The Morgan fingerprint density at radius 3 is 3.06 bits per heavy atom. The van der Waals surface area contributed by atoms with Crippen LogP contribution in [-0.4, -0.2) is 40.6 Å². The van der Waals surface area contributed by atoms with Crippen molar-refractivity contribution in [3.8, 4) is 0 Å². The van der Waals surface area contributed by atoms with Crippen molar-refractivity contribution < 1.29 is 9.32 Å². The molecule has 6 heteroatoms. The average Bonchev–Trinajstić information content (AvgIpc) is 2.76. The molecule has 16 heavy (non-hydrogen) atoms. The van der Waals surface area contributed by atoms with Crippen molar-refractivity contribution in [1.29, 1.82) is 0 Å². The molecule has 1 saturated heterocycles. The van der Waals surface area contributed by atoms with Gasteiger partial charge in [-0.2, -0.15) is 4.98 Å². The first-order chi connectivity index (χ1) is 7.70. The highest BCUT2D eigenvalue weighted by Crippen LogP contribution is 2.18. The molecule has 1 atom stereocenters. The Bertz CT molecular complexity index is 377. The quantitative estimate of drug-likeness (QED) is 0.790. The minimum atomic E-state index is -0.00106. The molecule has 1 aromatic rings. The van der Waals surface area contributed by atoms with Gasteiger partial charge in [0.1, 0.15) is 0 Å². The SMILES string of the molecule is CCc1noc([C@H](C)N2CCNC(=O)C2)n1. The maximum absolute atomic E-state index is 11.3. The second kappa shape index (κ2) is 4.61. The third-order valence-corrected chi connectivity index (χ3v) is 2.77. The van der Waals surface area contributed by atoms with E-state index in [9.17, 15) is 4.79 Å². The maximum atomic E-state index is 11.3. The molecule has 1 fully saturated rings. The summed E-state index contributed by atoms with van der Waals surface area (Å²) in [5.41, 5.74) is 0. The summed E-state index contributed by atoms with van der Waals surface area (Å²) in [6.45, 7) is 5.85. The fourth-order valence-electron chi connectivity index (χ4n) is 1.73. The van der Waals surface area contributed by atoms with Crippen LogP contribution < -0.4 is 5.32 Å². The molecule has 0 spiro atoms. The van der Waals surface area contributed by atoms with Crippen molar-refractivity contribution in [1.82, 2.24) is 20.4 Å². The predicted octanol–water partition coefficient (Wildman–Crippen LogP) is 0.125. The van der Waals surface area contributed by atoms with Crippen LogP contribution >= 0.6 is 0 Å². The molecule has 1 N–H and O–H groups in total. The zero-order valence-electron chi connectivity index (χ0n) is 9.56. The summed E-state index contributed by atoms with van der Waals surface area (Å²) in [5, 5.41) is 6.64. The number of aromatic nitrogens is 2. The number of hydrogen-bond acceptors (Lipinski definition) is 5. The van der Waals surface area contributed by atoms with Gasteiger partial charge in [0, 0.05) is 19.5 Å². The van der Waals surface area contributed by atoms with Crippen molar-refractivity contribution in [2.24, 2.45) is 0 Å². The normalized spacial score (nSPS) is 19.5. The van der Waals surface area contributed by atoms with Crippen molar-refractivity contribution in [2.45, 2.75) is 26.3 Å². The van der Waals surface area contributed by atoms with E-state index in [1.165, 1.54) is 0 Å². The van der Waals surface area contributed by atoms with Crippen LogP contribution in [0.4, 0.5) is 0 Å². The molecule has 1 aliphatic rings. The Balaban J connectivity index is 2.05. The molecule has 6 nitrogen and oxygen atoms in total. The van der Waals surface area contributed by atoms with Gasteiger partial charge in [-0.3, -0.25) is 9.69 Å². The van der Waals surface area contributed by atoms with E-state index in [1.54, 1.807) is 0 Å². The van der Waals surface area contributed by atoms with Crippen LogP contribution in [0.1, 0.15) is 31.6 Å². The molecule has 1 aliphatic heterocycles. The number of carbonyl (C=O) groups excluding carboxylic acids is 1. The van der Waals surface area contributed by atoms with Crippen molar-refractivity contribution in [3.05, 3.63) is 11.7 Å². The Morgan fingerprint density at radius 2 is 2.44 bits per heavy atom. The Kier molecular flexibility index (Phi) is 3.19. The van der Waals surface area contributed by atoms with E-state index in [4.69, 9.17) is 4.52 Å². The molecule has 1 amide bonds. The molecule has 0 aromatic carbocycles. The van der Waals surface area contributed by atoms with Gasteiger partial charge in [0.2, 0.25) is 11.8 Å². The molecular formula is C10H16N4O2. The summed E-state index contributed by atoms with van der Waals surface area (Å²) in [4.78, 5) is 17.6. The van der Waals surface area contributed by atoms with Crippen LogP contribution in [0.2, 0.25) is 0 Å². The van der Waals surface area contributed by atoms with Gasteiger partial charge in [-0.05, 0) is 6.92 Å². The monoisotopic (exact) mass is 224 g/mol. The molecule has 88 valence electrons. The fraction of sp³-hybridized carbons (Fsp3) is 0.700. The predicted molar refractivity (Wildman–Crippen MR) is 56.7 cm³/mol. The van der Waals surface area contributed by atoms with Crippen LogP contribution in [0.25, 0.3) is 0 Å². The number of nitrogens with one attached hydrogen (secondary N) is 1. The van der Waals surface area contributed by atoms with E-state index in [0.717, 1.165) is 13.0 Å². The van der Waals surface area contributed by atoms with Gasteiger partial charge in [0.25, 0.3) is 0 Å². The zero-order chi connectivity index (χ0) is 11.5. The number of nitrogens with zero attached hydrogens (tertiary/aromatic N) is 3. The number of aryl methyl sites for hydroxylation is 1. The maximum Gasteiger partial charge on any atom is 0.243 e. The van der Waals surface area contributed by atoms with E-state index in [2.05, 4.69) is 15.5 Å². The van der Waals surface area contributed by atoms with E-state index in [1.807, 2.05) is 18.7 Å². The van der Waals surface area contributed by atoms with Crippen molar-refractivity contribution in [2.75, 3.05) is 19.6 Å². The third kappa shape index (κ3) is 2.21. The lowest BCUT2D eigenvalue weighted by Crippen LogP contribution is -2.48. The molecule has 2 heterocycles. The van der Waals surface area contributed by atoms with E-state index in [-0.39, 0.29) is 11.9 Å². The second-order valence-corrected chi connectivity index (χ2v) is 3.90. The van der Waals surface area contributed by atoms with Crippen LogP contribution in [0.15, 0.2) is 4.52 Å². The molecule has 1 aromatic heterocycles. The standard InChI is InChI=1S/C10H16N4O2/c1-3-8-12-10(16-13-8)7(2)14-5-4-11-9(15)6-14/h7H,3-6H2,1-2H3,(H,11,15)/t7-/m0/s1.